The molecule has 0 aliphatic heterocycles. The van der Waals surface area contributed by atoms with Gasteiger partial charge in [-0.1, -0.05) is 0 Å². The molecule has 0 unspecified atom stereocenters. The van der Waals surface area contributed by atoms with Gasteiger partial charge in [-0.15, -0.1) is 0 Å². The van der Waals surface area contributed by atoms with Crippen molar-refractivity contribution in [2.75, 3.05) is 0 Å². The monoisotopic (exact) mass is 246 g/mol. The molecule has 0 radical (unpaired) electrons. The van der Waals surface area contributed by atoms with Crippen molar-refractivity contribution in [3.63, 3.8) is 0 Å². The van der Waals surface area contributed by atoms with Gasteiger partial charge in [0.2, 0.25) is 5.88 Å². The fourth-order valence-corrected chi connectivity index (χ4v) is 1.25. The molecular weight excluding hydrogens is 241 g/mol. The van der Waals surface area contributed by atoms with Crippen molar-refractivity contribution >= 4 is 0 Å². The Kier molecular flexibility index (Phi) is 2.41. The average Bonchev–Trinajstić information content (AvgIpc) is 2.66. The summed E-state index contributed by atoms with van der Waals surface area (Å²) in [4.78, 5) is 16.4. The van der Waals surface area contributed by atoms with Gasteiger partial charge in [0.15, 0.2) is 5.56 Å². The van der Waals surface area contributed by atoms with Crippen molar-refractivity contribution in [3.8, 4) is 17.3 Å². The maximum absolute atomic E-state index is 12.3. The van der Waals surface area contributed by atoms with Crippen molar-refractivity contribution in [2.24, 2.45) is 0 Å². The molecule has 0 bridgehead atoms. The van der Waals surface area contributed by atoms with Gasteiger partial charge in [0.1, 0.15) is 12.1 Å². The van der Waals surface area contributed by atoms with Gasteiger partial charge in [-0.3, -0.25) is 4.79 Å². The van der Waals surface area contributed by atoms with E-state index in [1.165, 1.54) is 18.6 Å². The zero-order valence-electron chi connectivity index (χ0n) is 8.08. The summed E-state index contributed by atoms with van der Waals surface area (Å²) in [5.41, 5.74) is -2.92. The van der Waals surface area contributed by atoms with E-state index in [1.54, 1.807) is 0 Å². The Labute approximate surface area is 91.5 Å². The summed E-state index contributed by atoms with van der Waals surface area (Å²) in [7, 11) is 0. The summed E-state index contributed by atoms with van der Waals surface area (Å²) < 4.78 is 41.7. The zero-order valence-corrected chi connectivity index (χ0v) is 8.08. The highest BCUT2D eigenvalue weighted by molar-refractivity contribution is 5.53. The van der Waals surface area contributed by atoms with E-state index in [2.05, 4.69) is 9.40 Å². The summed E-state index contributed by atoms with van der Waals surface area (Å²) in [6.45, 7) is 0. The van der Waals surface area contributed by atoms with Crippen LogP contribution in [0.4, 0.5) is 13.2 Å². The summed E-state index contributed by atoms with van der Waals surface area (Å²) in [6.07, 6.45) is -2.53. The number of H-pyrrole nitrogens is 1. The normalized spacial score (nSPS) is 11.7. The number of furan rings is 1. The Morgan fingerprint density at radius 2 is 2.12 bits per heavy atom. The van der Waals surface area contributed by atoms with Crippen LogP contribution in [0.1, 0.15) is 5.56 Å². The van der Waals surface area contributed by atoms with Crippen LogP contribution in [0.15, 0.2) is 27.8 Å². The van der Waals surface area contributed by atoms with Crippen molar-refractivity contribution in [1.29, 1.82) is 0 Å². The summed E-state index contributed by atoms with van der Waals surface area (Å²) >= 11 is 0. The first-order valence-electron chi connectivity index (χ1n) is 4.32. The summed E-state index contributed by atoms with van der Waals surface area (Å²) in [5, 5.41) is 9.12. The van der Waals surface area contributed by atoms with Crippen molar-refractivity contribution < 1.29 is 22.7 Å². The zero-order chi connectivity index (χ0) is 12.6. The second kappa shape index (κ2) is 3.65. The first kappa shape index (κ1) is 11.2. The highest BCUT2D eigenvalue weighted by atomic mass is 19.4. The molecular formula is C9H5F3N2O3. The smallest absolute Gasteiger partial charge is 0.426 e. The molecule has 2 rings (SSSR count). The van der Waals surface area contributed by atoms with Crippen molar-refractivity contribution in [3.05, 3.63) is 34.5 Å². The Bertz CT molecular complexity index is 587. The van der Waals surface area contributed by atoms with E-state index >= 15 is 0 Å². The van der Waals surface area contributed by atoms with E-state index in [0.717, 1.165) is 0 Å². The van der Waals surface area contributed by atoms with E-state index in [0.29, 0.717) is 0 Å². The lowest BCUT2D eigenvalue weighted by molar-refractivity contribution is -0.140. The highest BCUT2D eigenvalue weighted by Gasteiger charge is 2.38. The van der Waals surface area contributed by atoms with Crippen LogP contribution in [0.2, 0.25) is 0 Å². The lowest BCUT2D eigenvalue weighted by Crippen LogP contribution is -2.23. The van der Waals surface area contributed by atoms with E-state index in [1.807, 2.05) is 4.98 Å². The topological polar surface area (TPSA) is 79.1 Å². The Hall–Kier alpha value is -2.25. The van der Waals surface area contributed by atoms with Crippen LogP contribution in [-0.4, -0.2) is 15.1 Å². The van der Waals surface area contributed by atoms with E-state index in [9.17, 15) is 18.0 Å². The number of aromatic nitrogens is 2. The first-order chi connectivity index (χ1) is 7.89. The first-order valence-corrected chi connectivity index (χ1v) is 4.32. The molecule has 0 fully saturated rings. The van der Waals surface area contributed by atoms with Crippen LogP contribution in [0, 0.1) is 0 Å². The van der Waals surface area contributed by atoms with Crippen LogP contribution in [-0.2, 0) is 6.18 Å². The Balaban J connectivity index is 2.61. The molecule has 2 aromatic rings. The van der Waals surface area contributed by atoms with Gasteiger partial charge in [-0.25, -0.2) is 0 Å². The largest absolute Gasteiger partial charge is 0.493 e. The predicted molar refractivity (Wildman–Crippen MR) is 49.2 cm³/mol. The second-order valence-corrected chi connectivity index (χ2v) is 3.12. The fourth-order valence-electron chi connectivity index (χ4n) is 1.25. The van der Waals surface area contributed by atoms with E-state index in [4.69, 9.17) is 5.11 Å². The quantitative estimate of drug-likeness (QED) is 0.803. The number of hydrogen-bond acceptors (Lipinski definition) is 4. The highest BCUT2D eigenvalue weighted by Crippen LogP contribution is 2.32. The van der Waals surface area contributed by atoms with Crippen LogP contribution < -0.4 is 5.56 Å². The molecule has 8 heteroatoms. The number of aromatic hydroxyl groups is 1. The van der Waals surface area contributed by atoms with Gasteiger partial charge in [-0.2, -0.15) is 18.2 Å². The molecule has 2 aromatic heterocycles. The third kappa shape index (κ3) is 2.01. The van der Waals surface area contributed by atoms with Gasteiger partial charge in [0.25, 0.3) is 5.56 Å². The van der Waals surface area contributed by atoms with Gasteiger partial charge in [0.05, 0.1) is 11.8 Å². The number of rotatable bonds is 1. The summed E-state index contributed by atoms with van der Waals surface area (Å²) in [5.74, 6) is -1.56. The molecule has 0 atom stereocenters. The van der Waals surface area contributed by atoms with Crippen LogP contribution in [0.3, 0.4) is 0 Å². The van der Waals surface area contributed by atoms with Crippen LogP contribution in [0.5, 0.6) is 5.88 Å². The lowest BCUT2D eigenvalue weighted by Gasteiger charge is -2.07. The molecule has 90 valence electrons. The predicted octanol–water partition coefficient (Wildman–Crippen LogP) is 1.75. The average molecular weight is 246 g/mol. The van der Waals surface area contributed by atoms with E-state index in [-0.39, 0.29) is 11.4 Å². The molecule has 0 spiro atoms. The number of halogens is 3. The molecule has 2 N–H and O–H groups in total. The number of nitrogens with one attached hydrogen (secondary N) is 1. The molecule has 2 heterocycles. The second-order valence-electron chi connectivity index (χ2n) is 3.12. The van der Waals surface area contributed by atoms with Gasteiger partial charge < -0.3 is 14.5 Å². The SMILES string of the molecule is O=c1[nH]c(-c2ccoc2)nc(O)c1C(F)(F)F. The van der Waals surface area contributed by atoms with Gasteiger partial charge >= 0.3 is 6.18 Å². The van der Waals surface area contributed by atoms with Gasteiger partial charge in [-0.05, 0) is 6.07 Å². The lowest BCUT2D eigenvalue weighted by atomic mass is 10.2. The number of nitrogens with zero attached hydrogens (tertiary/aromatic N) is 1. The molecule has 0 aromatic carbocycles. The molecule has 0 amide bonds. The minimum Gasteiger partial charge on any atom is -0.493 e. The molecule has 0 aliphatic carbocycles. The third-order valence-corrected chi connectivity index (χ3v) is 1.98. The molecule has 0 saturated heterocycles. The maximum atomic E-state index is 12.3. The Morgan fingerprint density at radius 1 is 1.41 bits per heavy atom. The summed E-state index contributed by atoms with van der Waals surface area (Å²) in [6, 6.07) is 1.38. The van der Waals surface area contributed by atoms with E-state index < -0.39 is 23.2 Å². The number of hydrogen-bond donors (Lipinski definition) is 2. The molecule has 5 nitrogen and oxygen atoms in total. The maximum Gasteiger partial charge on any atom is 0.426 e. The minimum absolute atomic E-state index is 0.200. The Morgan fingerprint density at radius 3 is 2.59 bits per heavy atom. The van der Waals surface area contributed by atoms with Crippen molar-refractivity contribution in [2.45, 2.75) is 6.18 Å². The number of alkyl halides is 3. The van der Waals surface area contributed by atoms with Crippen molar-refractivity contribution in [1.82, 2.24) is 9.97 Å². The molecule has 17 heavy (non-hydrogen) atoms. The fraction of sp³-hybridized carbons (Fsp3) is 0.111. The van der Waals surface area contributed by atoms with Crippen LogP contribution in [0.25, 0.3) is 11.4 Å². The molecule has 0 aliphatic rings. The molecule has 0 saturated carbocycles. The van der Waals surface area contributed by atoms with Gasteiger partial charge in [0, 0.05) is 0 Å². The third-order valence-electron chi connectivity index (χ3n) is 1.98. The standard InChI is InChI=1S/C9H5F3N2O3/c10-9(11,12)5-7(15)13-6(14-8(5)16)4-1-2-17-3-4/h1-3H,(H2,13,14,15,16). The van der Waals surface area contributed by atoms with Crippen LogP contribution >= 0.6 is 0 Å². The minimum atomic E-state index is -4.96. The number of aromatic amines is 1.